The second-order valence-electron chi connectivity index (χ2n) is 16.1. The summed E-state index contributed by atoms with van der Waals surface area (Å²) >= 11 is 0. The van der Waals surface area contributed by atoms with Crippen molar-refractivity contribution in [2.75, 3.05) is 13.2 Å². The van der Waals surface area contributed by atoms with Crippen LogP contribution in [0.4, 0.5) is 4.79 Å². The van der Waals surface area contributed by atoms with Crippen molar-refractivity contribution in [3.63, 3.8) is 0 Å². The molecule has 44 heavy (non-hydrogen) atoms. The zero-order valence-corrected chi connectivity index (χ0v) is 26.6. The number of ether oxygens (including phenoxy) is 3. The molecular formula is C36H48O8. The smallest absolute Gasteiger partial charge is 0.457 e. The number of allylic oxidation sites excluding steroid dienone is 4. The van der Waals surface area contributed by atoms with Crippen molar-refractivity contribution in [2.45, 2.75) is 104 Å². The van der Waals surface area contributed by atoms with Crippen LogP contribution in [0, 0.1) is 57.7 Å². The lowest BCUT2D eigenvalue weighted by Crippen LogP contribution is -2.63. The van der Waals surface area contributed by atoms with E-state index in [4.69, 9.17) is 14.2 Å². The summed E-state index contributed by atoms with van der Waals surface area (Å²) in [7, 11) is 0. The number of ketones is 2. The first-order chi connectivity index (χ1) is 20.8. The SMILES string of the molecule is CCOC(=O)O[C@]1(C(=O)COC(=O)C23CC4CC(CC(C4)C2)C3)CC[C@H]2[C@@H]3C[C@H](C)C4=CC(=O)C=C[C@]4(C)[C@H]3C(O)C[C@@]21C. The lowest BCUT2D eigenvalue weighted by atomic mass is 9.44. The van der Waals surface area contributed by atoms with E-state index >= 15 is 0 Å². The Kier molecular flexibility index (Phi) is 7.04. The fraction of sp³-hybridized carbons (Fsp3) is 0.778. The average Bonchev–Trinajstić information content (AvgIpc) is 3.23. The Bertz CT molecular complexity index is 1290. The largest absolute Gasteiger partial charge is 0.509 e. The third-order valence-corrected chi connectivity index (χ3v) is 13.7. The lowest BCUT2D eigenvalue weighted by molar-refractivity contribution is -0.190. The highest BCUT2D eigenvalue weighted by Crippen LogP contribution is 2.69. The Morgan fingerprint density at radius 1 is 0.977 bits per heavy atom. The predicted molar refractivity (Wildman–Crippen MR) is 160 cm³/mol. The van der Waals surface area contributed by atoms with E-state index in [0.717, 1.165) is 31.3 Å². The summed E-state index contributed by atoms with van der Waals surface area (Å²) < 4.78 is 17.2. The Morgan fingerprint density at radius 3 is 2.27 bits per heavy atom. The van der Waals surface area contributed by atoms with Crippen molar-refractivity contribution in [2.24, 2.45) is 57.7 Å². The van der Waals surface area contributed by atoms with E-state index in [1.54, 1.807) is 19.1 Å². The highest BCUT2D eigenvalue weighted by molar-refractivity contribution is 6.01. The summed E-state index contributed by atoms with van der Waals surface area (Å²) in [6, 6.07) is 0. The highest BCUT2D eigenvalue weighted by Gasteiger charge is 2.71. The van der Waals surface area contributed by atoms with Gasteiger partial charge in [-0.15, -0.1) is 0 Å². The summed E-state index contributed by atoms with van der Waals surface area (Å²) in [5, 5.41) is 11.9. The van der Waals surface area contributed by atoms with Gasteiger partial charge in [0, 0.05) is 16.7 Å². The van der Waals surface area contributed by atoms with E-state index in [-0.39, 0.29) is 48.5 Å². The van der Waals surface area contributed by atoms with Crippen molar-refractivity contribution in [3.05, 3.63) is 23.8 Å². The summed E-state index contributed by atoms with van der Waals surface area (Å²) in [6.07, 6.45) is 11.7. The minimum absolute atomic E-state index is 0.0139. The summed E-state index contributed by atoms with van der Waals surface area (Å²) in [5.41, 5.74) is -2.35. The van der Waals surface area contributed by atoms with Gasteiger partial charge in [0.1, 0.15) is 0 Å². The zero-order valence-electron chi connectivity index (χ0n) is 26.6. The molecule has 0 aliphatic heterocycles. The molecule has 8 heteroatoms. The minimum atomic E-state index is -1.57. The van der Waals surface area contributed by atoms with Crippen molar-refractivity contribution < 1.29 is 38.5 Å². The van der Waals surface area contributed by atoms with Crippen molar-refractivity contribution in [1.82, 2.24) is 0 Å². The van der Waals surface area contributed by atoms with Gasteiger partial charge in [-0.3, -0.25) is 14.4 Å². The molecule has 8 atom stereocenters. The van der Waals surface area contributed by atoms with Gasteiger partial charge in [-0.05, 0) is 119 Å². The first kappa shape index (κ1) is 30.2. The summed E-state index contributed by atoms with van der Waals surface area (Å²) in [4.78, 5) is 53.4. The van der Waals surface area contributed by atoms with Crippen LogP contribution in [0.15, 0.2) is 23.8 Å². The van der Waals surface area contributed by atoms with Gasteiger partial charge in [-0.1, -0.05) is 32.4 Å². The second kappa shape index (κ2) is 10.3. The number of aliphatic hydroxyl groups is 1. The summed E-state index contributed by atoms with van der Waals surface area (Å²) in [6.45, 7) is 7.58. The number of aliphatic hydroxyl groups excluding tert-OH is 1. The number of hydrogen-bond donors (Lipinski definition) is 1. The van der Waals surface area contributed by atoms with Crippen LogP contribution in [0.25, 0.3) is 0 Å². The molecule has 8 nitrogen and oxygen atoms in total. The molecule has 0 amide bonds. The van der Waals surface area contributed by atoms with Crippen LogP contribution >= 0.6 is 0 Å². The molecule has 0 aromatic carbocycles. The molecule has 1 unspecified atom stereocenters. The summed E-state index contributed by atoms with van der Waals surface area (Å²) in [5.74, 6) is 1.04. The second-order valence-corrected chi connectivity index (χ2v) is 16.1. The van der Waals surface area contributed by atoms with E-state index in [0.29, 0.717) is 30.6 Å². The van der Waals surface area contributed by atoms with E-state index in [2.05, 4.69) is 13.8 Å². The molecule has 8 aliphatic carbocycles. The third-order valence-electron chi connectivity index (χ3n) is 13.7. The molecule has 8 aliphatic rings. The highest BCUT2D eigenvalue weighted by atomic mass is 16.7. The van der Waals surface area contributed by atoms with Gasteiger partial charge in [0.05, 0.1) is 18.1 Å². The quantitative estimate of drug-likeness (QED) is 0.379. The molecule has 0 aromatic rings. The maximum atomic E-state index is 14.4. The van der Waals surface area contributed by atoms with E-state index in [1.807, 2.05) is 13.0 Å². The molecule has 240 valence electrons. The molecule has 4 bridgehead atoms. The first-order valence-corrected chi connectivity index (χ1v) is 17.0. The van der Waals surface area contributed by atoms with Crippen LogP contribution in [0.2, 0.25) is 0 Å². The van der Waals surface area contributed by atoms with Gasteiger partial charge in [-0.2, -0.15) is 0 Å². The number of carbonyl (C=O) groups is 4. The Labute approximate surface area is 260 Å². The molecule has 8 rings (SSSR count). The fourth-order valence-electron chi connectivity index (χ4n) is 12.5. The van der Waals surface area contributed by atoms with Crippen LogP contribution in [-0.2, 0) is 28.6 Å². The molecule has 1 N–H and O–H groups in total. The van der Waals surface area contributed by atoms with Gasteiger partial charge in [0.15, 0.2) is 18.0 Å². The number of Topliss-reactive ketones (excluding diaryl/α,β-unsaturated/α-hetero) is 1. The number of esters is 1. The average molecular weight is 609 g/mol. The Morgan fingerprint density at radius 2 is 1.64 bits per heavy atom. The number of rotatable bonds is 6. The topological polar surface area (TPSA) is 116 Å². The molecule has 0 heterocycles. The molecule has 0 spiro atoms. The predicted octanol–water partition coefficient (Wildman–Crippen LogP) is 5.75. The number of fused-ring (bicyclic) bond motifs is 5. The van der Waals surface area contributed by atoms with Crippen LogP contribution in [0.5, 0.6) is 0 Å². The van der Waals surface area contributed by atoms with Crippen LogP contribution < -0.4 is 0 Å². The van der Waals surface area contributed by atoms with E-state index < -0.39 is 46.5 Å². The third kappa shape index (κ3) is 4.25. The lowest BCUT2D eigenvalue weighted by Gasteiger charge is -2.61. The monoisotopic (exact) mass is 608 g/mol. The molecule has 0 saturated heterocycles. The van der Waals surface area contributed by atoms with E-state index in [1.165, 1.54) is 19.3 Å². The van der Waals surface area contributed by atoms with Crippen LogP contribution in [0.3, 0.4) is 0 Å². The molecular weight excluding hydrogens is 560 g/mol. The van der Waals surface area contributed by atoms with Crippen molar-refractivity contribution in [3.8, 4) is 0 Å². The minimum Gasteiger partial charge on any atom is -0.457 e. The fourth-order valence-corrected chi connectivity index (χ4v) is 12.5. The first-order valence-electron chi connectivity index (χ1n) is 17.0. The molecule has 7 fully saturated rings. The Balaban J connectivity index is 1.17. The van der Waals surface area contributed by atoms with Gasteiger partial charge in [-0.25, -0.2) is 4.79 Å². The van der Waals surface area contributed by atoms with Gasteiger partial charge in [0.25, 0.3) is 0 Å². The molecule has 7 saturated carbocycles. The number of carbonyl (C=O) groups excluding carboxylic acids is 4. The van der Waals surface area contributed by atoms with Crippen molar-refractivity contribution in [1.29, 1.82) is 0 Å². The maximum Gasteiger partial charge on any atom is 0.509 e. The molecule has 0 aromatic heterocycles. The van der Waals surface area contributed by atoms with Gasteiger partial charge in [0.2, 0.25) is 5.78 Å². The Hall–Kier alpha value is -2.48. The van der Waals surface area contributed by atoms with Crippen molar-refractivity contribution >= 4 is 23.7 Å². The molecule has 0 radical (unpaired) electrons. The number of hydrogen-bond acceptors (Lipinski definition) is 8. The van der Waals surface area contributed by atoms with Gasteiger partial charge >= 0.3 is 12.1 Å². The van der Waals surface area contributed by atoms with Crippen LogP contribution in [-0.4, -0.2) is 53.7 Å². The van der Waals surface area contributed by atoms with Gasteiger partial charge < -0.3 is 19.3 Å². The van der Waals surface area contributed by atoms with E-state index in [9.17, 15) is 24.3 Å². The van der Waals surface area contributed by atoms with Crippen LogP contribution in [0.1, 0.15) is 91.9 Å². The normalized spacial score (nSPS) is 48.1. The zero-order chi connectivity index (χ0) is 31.2. The standard InChI is InChI=1S/C36H48O8/c1-5-42-32(41)44-36(29(39)19-43-31(40)35-15-21-11-22(16-35)13-23(12-21)17-35)9-7-26-25-10-20(2)27-14-24(37)6-8-33(27,3)30(25)28(38)18-34(26,36)4/h6,8,14,20-23,25-26,28,30,38H,5,7,9-13,15-19H2,1-4H3/t20-,21?,22?,23?,25-,26-,28?,30+,33-,34-,35?,36-/m0/s1. The maximum absolute atomic E-state index is 14.4.